The fraction of sp³-hybridized carbons (Fsp3) is 0. The molecule has 6 heteroatoms. The zero-order valence-electron chi connectivity index (χ0n) is 10.2. The molecule has 4 nitrogen and oxygen atoms in total. The first kappa shape index (κ1) is 12.8. The molecule has 0 saturated heterocycles. The molecule has 0 atom stereocenters. The zero-order chi connectivity index (χ0) is 14.1. The van der Waals surface area contributed by atoms with Crippen molar-refractivity contribution >= 4 is 21.6 Å². The maximum Gasteiger partial charge on any atom is 0.258 e. The van der Waals surface area contributed by atoms with Gasteiger partial charge >= 0.3 is 0 Å². The van der Waals surface area contributed by atoms with Crippen molar-refractivity contribution in [1.29, 1.82) is 0 Å². The molecule has 0 aliphatic rings. The monoisotopic (exact) mass is 333 g/mol. The lowest BCUT2D eigenvalue weighted by Gasteiger charge is -1.98. The molecule has 0 aliphatic heterocycles. The molecule has 0 saturated carbocycles. The number of hydrogen-bond donors (Lipinski definition) is 1. The molecule has 100 valence electrons. The van der Waals surface area contributed by atoms with Gasteiger partial charge in [-0.1, -0.05) is 33.2 Å². The molecule has 0 radical (unpaired) electrons. The number of aromatic nitrogens is 2. The maximum absolute atomic E-state index is 13.1. The SMILES string of the molecule is Nc1cc(-c2nc(-c3cccc(Br)c3)no2)ccc1F. The van der Waals surface area contributed by atoms with Crippen molar-refractivity contribution in [2.24, 2.45) is 0 Å². The minimum absolute atomic E-state index is 0.0460. The third-order valence-electron chi connectivity index (χ3n) is 2.75. The highest BCUT2D eigenvalue weighted by Gasteiger charge is 2.12. The van der Waals surface area contributed by atoms with Crippen LogP contribution in [-0.4, -0.2) is 10.1 Å². The third-order valence-corrected chi connectivity index (χ3v) is 3.25. The second-order valence-electron chi connectivity index (χ2n) is 4.17. The Morgan fingerprint density at radius 1 is 1.10 bits per heavy atom. The standard InChI is InChI=1S/C14H9BrFN3O/c15-10-3-1-2-8(6-10)13-18-14(20-19-13)9-4-5-11(16)12(17)7-9/h1-7H,17H2. The van der Waals surface area contributed by atoms with Gasteiger partial charge in [-0.3, -0.25) is 0 Å². The van der Waals surface area contributed by atoms with E-state index in [0.717, 1.165) is 10.0 Å². The molecule has 20 heavy (non-hydrogen) atoms. The molecule has 3 aromatic rings. The Kier molecular flexibility index (Phi) is 3.23. The van der Waals surface area contributed by atoms with Gasteiger partial charge in [0.15, 0.2) is 0 Å². The number of nitrogens with two attached hydrogens (primary N) is 1. The van der Waals surface area contributed by atoms with Crippen molar-refractivity contribution in [3.8, 4) is 22.8 Å². The molecule has 0 bridgehead atoms. The summed E-state index contributed by atoms with van der Waals surface area (Å²) >= 11 is 3.38. The van der Waals surface area contributed by atoms with Crippen LogP contribution in [0.15, 0.2) is 51.5 Å². The summed E-state index contributed by atoms with van der Waals surface area (Å²) in [5.74, 6) is 0.288. The Morgan fingerprint density at radius 3 is 2.70 bits per heavy atom. The molecule has 0 amide bonds. The van der Waals surface area contributed by atoms with E-state index >= 15 is 0 Å². The Hall–Kier alpha value is -2.21. The Balaban J connectivity index is 1.99. The van der Waals surface area contributed by atoms with Crippen LogP contribution in [0.3, 0.4) is 0 Å². The van der Waals surface area contributed by atoms with E-state index in [4.69, 9.17) is 10.3 Å². The van der Waals surface area contributed by atoms with Crippen molar-refractivity contribution in [3.63, 3.8) is 0 Å². The summed E-state index contributed by atoms with van der Waals surface area (Å²) < 4.78 is 19.2. The van der Waals surface area contributed by atoms with Crippen molar-refractivity contribution in [3.05, 3.63) is 52.8 Å². The van der Waals surface area contributed by atoms with Crippen LogP contribution in [0.1, 0.15) is 0 Å². The second kappa shape index (κ2) is 5.05. The minimum Gasteiger partial charge on any atom is -0.396 e. The highest BCUT2D eigenvalue weighted by Crippen LogP contribution is 2.25. The van der Waals surface area contributed by atoms with Crippen LogP contribution in [0.25, 0.3) is 22.8 Å². The molecule has 0 unspecified atom stereocenters. The first-order chi connectivity index (χ1) is 9.63. The first-order valence-corrected chi connectivity index (χ1v) is 6.58. The number of nitrogens with zero attached hydrogens (tertiary/aromatic N) is 2. The average Bonchev–Trinajstić information content (AvgIpc) is 2.92. The average molecular weight is 334 g/mol. The van der Waals surface area contributed by atoms with Crippen LogP contribution >= 0.6 is 15.9 Å². The summed E-state index contributed by atoms with van der Waals surface area (Å²) in [7, 11) is 0. The van der Waals surface area contributed by atoms with E-state index in [9.17, 15) is 4.39 Å². The molecule has 3 rings (SSSR count). The zero-order valence-corrected chi connectivity index (χ0v) is 11.8. The first-order valence-electron chi connectivity index (χ1n) is 5.78. The topological polar surface area (TPSA) is 64.9 Å². The number of rotatable bonds is 2. The molecule has 2 aromatic carbocycles. The third kappa shape index (κ3) is 2.42. The van der Waals surface area contributed by atoms with Crippen LogP contribution < -0.4 is 5.73 Å². The van der Waals surface area contributed by atoms with Crippen LogP contribution in [0.2, 0.25) is 0 Å². The van der Waals surface area contributed by atoms with Gasteiger partial charge in [-0.2, -0.15) is 4.98 Å². The molecule has 0 spiro atoms. The van der Waals surface area contributed by atoms with Crippen LogP contribution in [0.4, 0.5) is 10.1 Å². The minimum atomic E-state index is -0.472. The van der Waals surface area contributed by atoms with Gasteiger partial charge in [0.2, 0.25) is 5.82 Å². The summed E-state index contributed by atoms with van der Waals surface area (Å²) in [6, 6.07) is 11.8. The van der Waals surface area contributed by atoms with E-state index in [0.29, 0.717) is 17.3 Å². The van der Waals surface area contributed by atoms with Crippen molar-refractivity contribution in [1.82, 2.24) is 10.1 Å². The Labute approximate surface area is 122 Å². The van der Waals surface area contributed by atoms with E-state index < -0.39 is 5.82 Å². The Morgan fingerprint density at radius 2 is 1.95 bits per heavy atom. The van der Waals surface area contributed by atoms with E-state index in [1.54, 1.807) is 6.07 Å². The quantitative estimate of drug-likeness (QED) is 0.722. The lowest BCUT2D eigenvalue weighted by atomic mass is 10.2. The highest BCUT2D eigenvalue weighted by molar-refractivity contribution is 9.10. The van der Waals surface area contributed by atoms with Gasteiger partial charge in [-0.05, 0) is 30.3 Å². The molecule has 1 heterocycles. The van der Waals surface area contributed by atoms with Gasteiger partial charge in [0.25, 0.3) is 5.89 Å². The van der Waals surface area contributed by atoms with Crippen molar-refractivity contribution in [2.75, 3.05) is 5.73 Å². The molecular formula is C14H9BrFN3O. The van der Waals surface area contributed by atoms with E-state index in [1.807, 2.05) is 24.3 Å². The van der Waals surface area contributed by atoms with Crippen LogP contribution in [0.5, 0.6) is 0 Å². The number of anilines is 1. The van der Waals surface area contributed by atoms with Crippen LogP contribution in [-0.2, 0) is 0 Å². The smallest absolute Gasteiger partial charge is 0.258 e. The lowest BCUT2D eigenvalue weighted by Crippen LogP contribution is -1.90. The summed E-state index contributed by atoms with van der Waals surface area (Å²) in [5.41, 5.74) is 6.98. The summed E-state index contributed by atoms with van der Waals surface area (Å²) in [6.45, 7) is 0. The molecule has 0 fully saturated rings. The predicted octanol–water partition coefficient (Wildman–Crippen LogP) is 3.89. The Bertz CT molecular complexity index is 773. The highest BCUT2D eigenvalue weighted by atomic mass is 79.9. The maximum atomic E-state index is 13.1. The van der Waals surface area contributed by atoms with E-state index in [2.05, 4.69) is 26.1 Å². The molecular weight excluding hydrogens is 325 g/mol. The van der Waals surface area contributed by atoms with Gasteiger partial charge in [-0.15, -0.1) is 0 Å². The molecule has 1 aromatic heterocycles. The number of benzene rings is 2. The summed E-state index contributed by atoms with van der Waals surface area (Å²) in [5, 5.41) is 3.91. The predicted molar refractivity (Wildman–Crippen MR) is 77.2 cm³/mol. The van der Waals surface area contributed by atoms with E-state index in [-0.39, 0.29) is 5.69 Å². The molecule has 0 aliphatic carbocycles. The van der Waals surface area contributed by atoms with Gasteiger partial charge < -0.3 is 10.3 Å². The fourth-order valence-corrected chi connectivity index (χ4v) is 2.16. The fourth-order valence-electron chi connectivity index (χ4n) is 1.76. The van der Waals surface area contributed by atoms with E-state index in [1.165, 1.54) is 12.1 Å². The summed E-state index contributed by atoms with van der Waals surface area (Å²) in [6.07, 6.45) is 0. The van der Waals surface area contributed by atoms with Gasteiger partial charge in [0.05, 0.1) is 5.69 Å². The number of nitrogen functional groups attached to an aromatic ring is 1. The number of hydrogen-bond acceptors (Lipinski definition) is 4. The van der Waals surface area contributed by atoms with Gasteiger partial charge in [-0.25, -0.2) is 4.39 Å². The molecule has 2 N–H and O–H groups in total. The van der Waals surface area contributed by atoms with Gasteiger partial charge in [0, 0.05) is 15.6 Å². The second-order valence-corrected chi connectivity index (χ2v) is 5.09. The largest absolute Gasteiger partial charge is 0.396 e. The van der Waals surface area contributed by atoms with Crippen molar-refractivity contribution in [2.45, 2.75) is 0 Å². The number of halogens is 2. The normalized spacial score (nSPS) is 10.7. The lowest BCUT2D eigenvalue weighted by molar-refractivity contribution is 0.432. The summed E-state index contributed by atoms with van der Waals surface area (Å²) in [4.78, 5) is 4.29. The van der Waals surface area contributed by atoms with Crippen LogP contribution in [0, 0.1) is 5.82 Å². The van der Waals surface area contributed by atoms with Crippen molar-refractivity contribution < 1.29 is 8.91 Å². The van der Waals surface area contributed by atoms with Gasteiger partial charge in [0.1, 0.15) is 5.82 Å².